The maximum atomic E-state index is 5.71. The van der Waals surface area contributed by atoms with Gasteiger partial charge in [-0.05, 0) is 41.8 Å². The van der Waals surface area contributed by atoms with Crippen LogP contribution >= 0.6 is 35.3 Å². The molecular formula is C22H31IN4OS. The van der Waals surface area contributed by atoms with Crippen LogP contribution in [0.2, 0.25) is 0 Å². The fraction of sp³-hybridized carbons (Fsp3) is 0.500. The van der Waals surface area contributed by atoms with Crippen LogP contribution in [0, 0.1) is 0 Å². The molecule has 1 fully saturated rings. The lowest BCUT2D eigenvalue weighted by Crippen LogP contribution is -2.45. The summed E-state index contributed by atoms with van der Waals surface area (Å²) in [6.07, 6.45) is 3.74. The van der Waals surface area contributed by atoms with Gasteiger partial charge >= 0.3 is 0 Å². The van der Waals surface area contributed by atoms with E-state index < -0.39 is 0 Å². The summed E-state index contributed by atoms with van der Waals surface area (Å²) < 4.78 is 5.71. The number of nitrogens with one attached hydrogen (secondary N) is 2. The van der Waals surface area contributed by atoms with Gasteiger partial charge in [0.05, 0.1) is 12.1 Å². The molecule has 0 aliphatic carbocycles. The molecule has 1 aromatic carbocycles. The van der Waals surface area contributed by atoms with Crippen molar-refractivity contribution < 1.29 is 4.74 Å². The van der Waals surface area contributed by atoms with Crippen LogP contribution in [0.3, 0.4) is 0 Å². The number of aliphatic imine (C=N–C) groups is 1. The molecule has 29 heavy (non-hydrogen) atoms. The molecular weight excluding hydrogens is 495 g/mol. The molecule has 0 saturated carbocycles. The molecule has 2 unspecified atom stereocenters. The van der Waals surface area contributed by atoms with Gasteiger partial charge in [0, 0.05) is 44.7 Å². The molecule has 0 radical (unpaired) electrons. The lowest BCUT2D eigenvalue weighted by Gasteiger charge is -2.35. The molecule has 1 aromatic heterocycles. The molecule has 0 spiro atoms. The van der Waals surface area contributed by atoms with Crippen molar-refractivity contribution in [3.8, 4) is 0 Å². The van der Waals surface area contributed by atoms with E-state index in [1.165, 1.54) is 11.1 Å². The molecule has 2 N–H and O–H groups in total. The summed E-state index contributed by atoms with van der Waals surface area (Å²) in [4.78, 5) is 8.54. The van der Waals surface area contributed by atoms with E-state index in [9.17, 15) is 0 Å². The number of thiophene rings is 1. The minimum absolute atomic E-state index is 0. The highest BCUT2D eigenvalue weighted by atomic mass is 127. The lowest BCUT2D eigenvalue weighted by molar-refractivity contribution is 0.113. The summed E-state index contributed by atoms with van der Waals surface area (Å²) in [5, 5.41) is 9.20. The van der Waals surface area contributed by atoms with Crippen molar-refractivity contribution in [3.63, 3.8) is 0 Å². The van der Waals surface area contributed by atoms with Crippen LogP contribution in [-0.4, -0.2) is 50.3 Å². The number of hydrogen-bond acceptors (Lipinski definition) is 4. The second-order valence-electron chi connectivity index (χ2n) is 7.49. The van der Waals surface area contributed by atoms with Gasteiger partial charge in [0.25, 0.3) is 0 Å². The van der Waals surface area contributed by atoms with Crippen molar-refractivity contribution in [3.05, 3.63) is 57.8 Å². The molecule has 2 atom stereocenters. The summed E-state index contributed by atoms with van der Waals surface area (Å²) in [5.41, 5.74) is 2.83. The first kappa shape index (κ1) is 22.5. The maximum Gasteiger partial charge on any atom is 0.191 e. The summed E-state index contributed by atoms with van der Waals surface area (Å²) >= 11 is 1.89. The third-order valence-electron chi connectivity index (χ3n) is 5.67. The second-order valence-corrected chi connectivity index (χ2v) is 8.49. The Morgan fingerprint density at radius 2 is 2.14 bits per heavy atom. The highest BCUT2D eigenvalue weighted by molar-refractivity contribution is 14.0. The maximum absolute atomic E-state index is 5.71. The van der Waals surface area contributed by atoms with E-state index in [2.05, 4.69) is 62.3 Å². The lowest BCUT2D eigenvalue weighted by atomic mass is 10.0. The zero-order valence-corrected chi connectivity index (χ0v) is 20.1. The smallest absolute Gasteiger partial charge is 0.191 e. The minimum atomic E-state index is 0. The largest absolute Gasteiger partial charge is 0.376 e. The van der Waals surface area contributed by atoms with E-state index in [1.54, 1.807) is 4.88 Å². The average molecular weight is 526 g/mol. The molecule has 7 heteroatoms. The molecule has 3 heterocycles. The Labute approximate surface area is 195 Å². The number of nitrogens with zero attached hydrogens (tertiary/aromatic N) is 2. The van der Waals surface area contributed by atoms with Gasteiger partial charge in [0.1, 0.15) is 0 Å². The van der Waals surface area contributed by atoms with Gasteiger partial charge in [0.2, 0.25) is 0 Å². The van der Waals surface area contributed by atoms with Crippen molar-refractivity contribution in [2.75, 3.05) is 33.3 Å². The van der Waals surface area contributed by atoms with Gasteiger partial charge in [-0.3, -0.25) is 9.89 Å². The van der Waals surface area contributed by atoms with Crippen molar-refractivity contribution in [1.82, 2.24) is 15.5 Å². The molecule has 2 aliphatic heterocycles. The van der Waals surface area contributed by atoms with E-state index in [1.807, 2.05) is 18.4 Å². The van der Waals surface area contributed by atoms with Gasteiger partial charge in [-0.1, -0.05) is 30.3 Å². The van der Waals surface area contributed by atoms with Crippen LogP contribution in [0.5, 0.6) is 0 Å². The second kappa shape index (κ2) is 11.3. The minimum Gasteiger partial charge on any atom is -0.376 e. The van der Waals surface area contributed by atoms with E-state index in [0.29, 0.717) is 12.1 Å². The van der Waals surface area contributed by atoms with Crippen molar-refractivity contribution >= 4 is 41.3 Å². The van der Waals surface area contributed by atoms with Crippen molar-refractivity contribution in [2.24, 2.45) is 4.99 Å². The first-order valence-electron chi connectivity index (χ1n) is 10.2. The summed E-state index contributed by atoms with van der Waals surface area (Å²) in [6.45, 7) is 4.64. The number of rotatable bonds is 6. The molecule has 1 saturated heterocycles. The van der Waals surface area contributed by atoms with E-state index >= 15 is 0 Å². The normalized spacial score (nSPS) is 20.6. The standard InChI is InChI=1S/C22H30N4OS.HI/c1-23-22(24-14-19-8-5-12-27-19)25-15-20(17-6-3-2-4-7-17)26-11-9-21-18(16-26)10-13-28-21;/h2-4,6-7,10,13,19-20H,5,8-9,11-12,14-16H2,1H3,(H2,23,24,25);1H. The fourth-order valence-corrected chi connectivity index (χ4v) is 4.99. The Kier molecular flexibility index (Phi) is 8.77. The Balaban J connectivity index is 0.00000240. The number of ether oxygens (including phenoxy) is 1. The predicted molar refractivity (Wildman–Crippen MR) is 131 cm³/mol. The quantitative estimate of drug-likeness (QED) is 0.342. The fourth-order valence-electron chi connectivity index (χ4n) is 4.10. The van der Waals surface area contributed by atoms with Gasteiger partial charge in [-0.2, -0.15) is 0 Å². The molecule has 158 valence electrons. The summed E-state index contributed by atoms with van der Waals surface area (Å²) in [6, 6.07) is 13.4. The summed E-state index contributed by atoms with van der Waals surface area (Å²) in [5.74, 6) is 0.852. The predicted octanol–water partition coefficient (Wildman–Crippen LogP) is 3.81. The number of hydrogen-bond donors (Lipinski definition) is 2. The monoisotopic (exact) mass is 526 g/mol. The Hall–Kier alpha value is -1.16. The van der Waals surface area contributed by atoms with E-state index in [0.717, 1.165) is 58.0 Å². The molecule has 2 aromatic rings. The molecule has 2 aliphatic rings. The van der Waals surface area contributed by atoms with Crippen LogP contribution in [0.4, 0.5) is 0 Å². The van der Waals surface area contributed by atoms with Gasteiger partial charge in [-0.25, -0.2) is 0 Å². The Bertz CT molecular complexity index is 776. The molecule has 4 rings (SSSR count). The first-order valence-corrected chi connectivity index (χ1v) is 11.1. The number of fused-ring (bicyclic) bond motifs is 1. The first-order chi connectivity index (χ1) is 13.8. The number of halogens is 1. The van der Waals surface area contributed by atoms with Gasteiger partial charge < -0.3 is 15.4 Å². The highest BCUT2D eigenvalue weighted by Crippen LogP contribution is 2.30. The summed E-state index contributed by atoms with van der Waals surface area (Å²) in [7, 11) is 1.83. The molecule has 5 nitrogen and oxygen atoms in total. The van der Waals surface area contributed by atoms with Crippen LogP contribution in [0.25, 0.3) is 0 Å². The van der Waals surface area contributed by atoms with Crippen LogP contribution in [0.15, 0.2) is 46.8 Å². The van der Waals surface area contributed by atoms with Crippen LogP contribution in [0.1, 0.15) is 34.9 Å². The highest BCUT2D eigenvalue weighted by Gasteiger charge is 2.25. The number of benzene rings is 1. The van der Waals surface area contributed by atoms with Crippen LogP contribution < -0.4 is 10.6 Å². The Morgan fingerprint density at radius 3 is 2.90 bits per heavy atom. The molecule has 0 amide bonds. The Morgan fingerprint density at radius 1 is 1.28 bits per heavy atom. The van der Waals surface area contributed by atoms with Crippen molar-refractivity contribution in [1.29, 1.82) is 0 Å². The van der Waals surface area contributed by atoms with Gasteiger partial charge in [0.15, 0.2) is 5.96 Å². The SMILES string of the molecule is CN=C(NCC1CCCO1)NCC(c1ccccc1)N1CCc2sccc2C1.I. The van der Waals surface area contributed by atoms with Crippen LogP contribution in [-0.2, 0) is 17.7 Å². The number of guanidine groups is 1. The van der Waals surface area contributed by atoms with E-state index in [-0.39, 0.29) is 24.0 Å². The van der Waals surface area contributed by atoms with E-state index in [4.69, 9.17) is 4.74 Å². The molecule has 0 bridgehead atoms. The zero-order valence-electron chi connectivity index (χ0n) is 17.0. The topological polar surface area (TPSA) is 48.9 Å². The van der Waals surface area contributed by atoms with Gasteiger partial charge in [-0.15, -0.1) is 35.3 Å². The van der Waals surface area contributed by atoms with Crippen molar-refractivity contribution in [2.45, 2.75) is 38.0 Å². The average Bonchev–Trinajstić information content (AvgIpc) is 3.42. The third-order valence-corrected chi connectivity index (χ3v) is 6.69. The zero-order chi connectivity index (χ0) is 19.2. The third kappa shape index (κ3) is 5.93.